The van der Waals surface area contributed by atoms with Gasteiger partial charge in [-0.25, -0.2) is 5.01 Å². The van der Waals surface area contributed by atoms with E-state index < -0.39 is 16.4 Å². The largest absolute Gasteiger partial charge is 0.372 e. The number of aliphatic hydroxyl groups is 1. The van der Waals surface area contributed by atoms with Crippen molar-refractivity contribution in [3.63, 3.8) is 0 Å². The molecule has 1 saturated carbocycles. The lowest BCUT2D eigenvalue weighted by Gasteiger charge is -2.43. The first kappa shape index (κ1) is 20.0. The molecule has 1 saturated heterocycles. The van der Waals surface area contributed by atoms with E-state index in [4.69, 9.17) is 0 Å². The molecule has 0 aromatic heterocycles. The second-order valence-corrected chi connectivity index (χ2v) is 9.39. The third-order valence-corrected chi connectivity index (χ3v) is 7.46. The van der Waals surface area contributed by atoms with Crippen LogP contribution in [0.15, 0.2) is 60.7 Å². The second-order valence-electron chi connectivity index (χ2n) is 8.05. The number of nitrogens with zero attached hydrogens (tertiary/aromatic N) is 1. The highest BCUT2D eigenvalue weighted by atomic mass is 32.2. The zero-order chi connectivity index (χ0) is 20.5. The number of carbonyl (C=O) groups excluding carboxylic acids is 2. The van der Waals surface area contributed by atoms with Crippen molar-refractivity contribution in [1.82, 2.24) is 10.4 Å². The predicted octanol–water partition coefficient (Wildman–Crippen LogP) is 3.44. The maximum atomic E-state index is 13.5. The predicted molar refractivity (Wildman–Crippen MR) is 114 cm³/mol. The fraction of sp³-hybridized carbons (Fsp3) is 0.391. The number of rotatable bonds is 4. The van der Waals surface area contributed by atoms with E-state index in [9.17, 15) is 14.7 Å². The Morgan fingerprint density at radius 1 is 1.14 bits per heavy atom. The second kappa shape index (κ2) is 7.84. The van der Waals surface area contributed by atoms with Gasteiger partial charge in [-0.05, 0) is 36.3 Å². The lowest BCUT2D eigenvalue weighted by atomic mass is 9.85. The molecule has 2 atom stereocenters. The minimum absolute atomic E-state index is 0.110. The Bertz CT molecular complexity index is 850. The van der Waals surface area contributed by atoms with Crippen LogP contribution < -0.4 is 5.43 Å². The van der Waals surface area contributed by atoms with Crippen molar-refractivity contribution in [2.75, 3.05) is 5.75 Å². The summed E-state index contributed by atoms with van der Waals surface area (Å²) < 4.78 is 0. The third kappa shape index (κ3) is 3.55. The molecule has 5 nitrogen and oxygen atoms in total. The Labute approximate surface area is 175 Å². The van der Waals surface area contributed by atoms with Gasteiger partial charge in [0.15, 0.2) is 5.60 Å². The van der Waals surface area contributed by atoms with Crippen LogP contribution in [0.25, 0.3) is 0 Å². The fourth-order valence-electron chi connectivity index (χ4n) is 4.50. The molecule has 29 heavy (non-hydrogen) atoms. The quantitative estimate of drug-likeness (QED) is 0.810. The molecule has 2 amide bonds. The smallest absolute Gasteiger partial charge is 0.279 e. The number of hydrogen-bond donors (Lipinski definition) is 2. The molecule has 2 aromatic rings. The number of hydrogen-bond acceptors (Lipinski definition) is 4. The van der Waals surface area contributed by atoms with Gasteiger partial charge in [-0.2, -0.15) is 0 Å². The molecule has 1 aliphatic carbocycles. The maximum absolute atomic E-state index is 13.5. The molecule has 2 unspecified atom stereocenters. The summed E-state index contributed by atoms with van der Waals surface area (Å²) in [6, 6.07) is 17.7. The monoisotopic (exact) mass is 410 g/mol. The minimum atomic E-state index is -1.89. The Morgan fingerprint density at radius 2 is 1.72 bits per heavy atom. The van der Waals surface area contributed by atoms with E-state index in [2.05, 4.69) is 12.3 Å². The molecule has 152 valence electrons. The van der Waals surface area contributed by atoms with Crippen LogP contribution >= 0.6 is 11.8 Å². The van der Waals surface area contributed by atoms with Gasteiger partial charge in [0.2, 0.25) is 0 Å². The molecule has 1 aliphatic heterocycles. The average molecular weight is 411 g/mol. The van der Waals surface area contributed by atoms with Crippen molar-refractivity contribution in [2.45, 2.75) is 43.1 Å². The molecule has 1 heterocycles. The van der Waals surface area contributed by atoms with Gasteiger partial charge in [0.1, 0.15) is 4.87 Å². The van der Waals surface area contributed by atoms with Gasteiger partial charge in [0.25, 0.3) is 11.8 Å². The van der Waals surface area contributed by atoms with E-state index in [1.165, 1.54) is 5.01 Å². The van der Waals surface area contributed by atoms with Crippen LogP contribution in [-0.4, -0.2) is 32.6 Å². The summed E-state index contributed by atoms with van der Waals surface area (Å²) in [6.45, 7) is 2.19. The van der Waals surface area contributed by atoms with Crippen LogP contribution in [0.3, 0.4) is 0 Å². The van der Waals surface area contributed by atoms with Crippen LogP contribution in [0, 0.1) is 5.92 Å². The van der Waals surface area contributed by atoms with Gasteiger partial charge >= 0.3 is 0 Å². The van der Waals surface area contributed by atoms with E-state index in [0.717, 1.165) is 25.7 Å². The summed E-state index contributed by atoms with van der Waals surface area (Å²) in [5.74, 6) is 0.121. The highest BCUT2D eigenvalue weighted by Gasteiger charge is 2.51. The van der Waals surface area contributed by atoms with E-state index in [0.29, 0.717) is 22.8 Å². The molecule has 2 aliphatic rings. The van der Waals surface area contributed by atoms with Crippen molar-refractivity contribution in [1.29, 1.82) is 0 Å². The maximum Gasteiger partial charge on any atom is 0.279 e. The molecule has 1 spiro atoms. The Balaban J connectivity index is 1.69. The number of hydrazine groups is 1. The van der Waals surface area contributed by atoms with Gasteiger partial charge in [0.05, 0.1) is 5.75 Å². The zero-order valence-electron chi connectivity index (χ0n) is 16.5. The van der Waals surface area contributed by atoms with E-state index >= 15 is 0 Å². The minimum Gasteiger partial charge on any atom is -0.372 e. The number of amides is 2. The lowest BCUT2D eigenvalue weighted by Crippen LogP contribution is -2.60. The molecule has 2 fully saturated rings. The van der Waals surface area contributed by atoms with Gasteiger partial charge in [-0.3, -0.25) is 15.0 Å². The highest BCUT2D eigenvalue weighted by molar-refractivity contribution is 8.01. The van der Waals surface area contributed by atoms with E-state index in [1.807, 2.05) is 12.1 Å². The summed E-state index contributed by atoms with van der Waals surface area (Å²) in [5.41, 5.74) is 1.86. The summed E-state index contributed by atoms with van der Waals surface area (Å²) in [5, 5.41) is 13.2. The molecule has 2 N–H and O–H groups in total. The summed E-state index contributed by atoms with van der Waals surface area (Å²) in [7, 11) is 0. The Kier molecular flexibility index (Phi) is 5.40. The molecular weight excluding hydrogens is 384 g/mol. The first-order chi connectivity index (χ1) is 14.0. The van der Waals surface area contributed by atoms with Crippen LogP contribution in [0.2, 0.25) is 0 Å². The molecule has 2 aromatic carbocycles. The molecule has 4 rings (SSSR count). The SMILES string of the molecule is CC1CCCC2(C1)SCC(=O)N2NC(=O)C(O)(c1ccccc1)c1ccccc1. The van der Waals surface area contributed by atoms with E-state index in [-0.39, 0.29) is 5.91 Å². The van der Waals surface area contributed by atoms with Crippen molar-refractivity contribution >= 4 is 23.6 Å². The van der Waals surface area contributed by atoms with Gasteiger partial charge in [0, 0.05) is 0 Å². The fourth-order valence-corrected chi connectivity index (χ4v) is 5.99. The molecule has 0 bridgehead atoms. The van der Waals surface area contributed by atoms with E-state index in [1.54, 1.807) is 60.3 Å². The average Bonchev–Trinajstić information content (AvgIpc) is 3.03. The van der Waals surface area contributed by atoms with Crippen LogP contribution in [0.4, 0.5) is 0 Å². The van der Waals surface area contributed by atoms with Gasteiger partial charge < -0.3 is 5.11 Å². The number of nitrogens with one attached hydrogen (secondary N) is 1. The normalized spacial score (nSPS) is 24.7. The zero-order valence-corrected chi connectivity index (χ0v) is 17.3. The van der Waals surface area contributed by atoms with Crippen LogP contribution in [0.1, 0.15) is 43.7 Å². The number of thioether (sulfide) groups is 1. The first-order valence-corrected chi connectivity index (χ1v) is 11.1. The molecular formula is C23H26N2O3S. The molecule has 6 heteroatoms. The van der Waals surface area contributed by atoms with Crippen molar-refractivity contribution < 1.29 is 14.7 Å². The highest BCUT2D eigenvalue weighted by Crippen LogP contribution is 2.48. The van der Waals surface area contributed by atoms with Crippen molar-refractivity contribution in [2.24, 2.45) is 5.92 Å². The lowest BCUT2D eigenvalue weighted by molar-refractivity contribution is -0.152. The number of carbonyl (C=O) groups is 2. The van der Waals surface area contributed by atoms with Crippen molar-refractivity contribution in [3.8, 4) is 0 Å². The summed E-state index contributed by atoms with van der Waals surface area (Å²) in [6.07, 6.45) is 3.85. The number of benzene rings is 2. The molecule has 0 radical (unpaired) electrons. The van der Waals surface area contributed by atoms with Gasteiger partial charge in [-0.1, -0.05) is 74.0 Å². The standard InChI is InChI=1S/C23H26N2O3S/c1-17-9-8-14-22(15-17)25(20(26)16-29-22)24-21(27)23(28,18-10-4-2-5-11-18)19-12-6-3-7-13-19/h2-7,10-13,17,28H,8-9,14-16H2,1H3,(H,24,27). The van der Waals surface area contributed by atoms with Crippen LogP contribution in [-0.2, 0) is 15.2 Å². The summed E-state index contributed by atoms with van der Waals surface area (Å²) >= 11 is 1.61. The van der Waals surface area contributed by atoms with Gasteiger partial charge in [-0.15, -0.1) is 11.8 Å². The van der Waals surface area contributed by atoms with Crippen molar-refractivity contribution in [3.05, 3.63) is 71.8 Å². The Morgan fingerprint density at radius 3 is 2.28 bits per heavy atom. The topological polar surface area (TPSA) is 69.6 Å². The van der Waals surface area contributed by atoms with Crippen LogP contribution in [0.5, 0.6) is 0 Å². The Hall–Kier alpha value is -2.31. The summed E-state index contributed by atoms with van der Waals surface area (Å²) in [4.78, 5) is 25.8. The first-order valence-electron chi connectivity index (χ1n) is 10.1. The third-order valence-electron chi connectivity index (χ3n) is 5.98.